The molecule has 1 aromatic rings. The average molecular weight is 536 g/mol. The van der Waals surface area contributed by atoms with Crippen LogP contribution in [0.1, 0.15) is 55.1 Å². The van der Waals surface area contributed by atoms with Gasteiger partial charge in [0, 0.05) is 30.5 Å². The van der Waals surface area contributed by atoms with E-state index in [0.29, 0.717) is 28.1 Å². The van der Waals surface area contributed by atoms with Crippen molar-refractivity contribution in [3.63, 3.8) is 0 Å². The lowest BCUT2D eigenvalue weighted by Crippen LogP contribution is -2.44. The summed E-state index contributed by atoms with van der Waals surface area (Å²) in [5.41, 5.74) is 1.46. The molecule has 1 unspecified atom stereocenters. The van der Waals surface area contributed by atoms with E-state index in [2.05, 4.69) is 20.2 Å². The van der Waals surface area contributed by atoms with Crippen LogP contribution in [-0.4, -0.2) is 80.2 Å². The Morgan fingerprint density at radius 2 is 1.42 bits per heavy atom. The van der Waals surface area contributed by atoms with E-state index in [1.54, 1.807) is 6.92 Å². The number of aromatic nitrogens is 1. The van der Waals surface area contributed by atoms with E-state index in [-0.39, 0.29) is 50.5 Å². The zero-order valence-corrected chi connectivity index (χ0v) is 22.1. The fourth-order valence-electron chi connectivity index (χ4n) is 4.51. The van der Waals surface area contributed by atoms with Gasteiger partial charge in [-0.05, 0) is 36.5 Å². The van der Waals surface area contributed by atoms with Gasteiger partial charge in [-0.1, -0.05) is 5.16 Å². The van der Waals surface area contributed by atoms with Crippen molar-refractivity contribution in [1.82, 2.24) is 10.3 Å². The fourth-order valence-corrected chi connectivity index (χ4v) is 4.51. The molecule has 1 aliphatic rings. The molecule has 0 aliphatic carbocycles. The van der Waals surface area contributed by atoms with Crippen LogP contribution in [0.5, 0.6) is 0 Å². The average Bonchev–Trinajstić information content (AvgIpc) is 3.32. The first-order valence-electron chi connectivity index (χ1n) is 11.8. The number of hydrogen-bond donors (Lipinski definition) is 3. The smallest absolute Gasteiger partial charge is 0.310 e. The summed E-state index contributed by atoms with van der Waals surface area (Å²) in [5, 5.41) is 15.2. The number of nitrogens with zero attached hydrogens (tertiary/aromatic N) is 1. The molecule has 0 spiro atoms. The molecule has 0 radical (unpaired) electrons. The lowest BCUT2D eigenvalue weighted by Gasteiger charge is -2.28. The second-order valence-electron chi connectivity index (χ2n) is 8.80. The molecule has 1 atom stereocenters. The summed E-state index contributed by atoms with van der Waals surface area (Å²) in [6.07, 6.45) is 0.978. The van der Waals surface area contributed by atoms with Gasteiger partial charge in [0.1, 0.15) is 0 Å². The fraction of sp³-hybridized carbons (Fsp3) is 0.520. The van der Waals surface area contributed by atoms with Crippen molar-refractivity contribution in [2.24, 2.45) is 5.16 Å². The number of nitrogens with one attached hydrogen (secondary N) is 2. The molecule has 0 saturated heterocycles. The number of methoxy groups -OCH3 is 4. The Kier molecular flexibility index (Phi) is 10.6. The Labute approximate surface area is 219 Å². The van der Waals surface area contributed by atoms with Gasteiger partial charge in [-0.25, -0.2) is 0 Å². The number of carbonyl (C=O) groups excluding carboxylic acids is 5. The van der Waals surface area contributed by atoms with Crippen molar-refractivity contribution in [2.75, 3.05) is 28.4 Å². The van der Waals surface area contributed by atoms with Crippen molar-refractivity contribution < 1.29 is 48.1 Å². The maximum atomic E-state index is 13.0. The van der Waals surface area contributed by atoms with Gasteiger partial charge >= 0.3 is 23.9 Å². The number of rotatable bonds is 13. The van der Waals surface area contributed by atoms with Gasteiger partial charge in [0.05, 0.1) is 58.7 Å². The van der Waals surface area contributed by atoms with Gasteiger partial charge in [-0.15, -0.1) is 0 Å². The summed E-state index contributed by atoms with van der Waals surface area (Å²) in [4.78, 5) is 64.3. The molecule has 1 amide bonds. The van der Waals surface area contributed by atoms with Crippen LogP contribution in [0.3, 0.4) is 0 Å². The van der Waals surface area contributed by atoms with Crippen LogP contribution in [0.2, 0.25) is 0 Å². The maximum absolute atomic E-state index is 13.0. The number of aromatic amines is 1. The topological polar surface area (TPSA) is 183 Å². The van der Waals surface area contributed by atoms with Gasteiger partial charge in [-0.3, -0.25) is 24.0 Å². The van der Waals surface area contributed by atoms with Gasteiger partial charge in [0.2, 0.25) is 5.91 Å². The normalized spacial score (nSPS) is 16.9. The minimum atomic E-state index is -1.11. The predicted octanol–water partition coefficient (Wildman–Crippen LogP) is 0.888. The lowest BCUT2D eigenvalue weighted by molar-refractivity contribution is -0.141. The maximum Gasteiger partial charge on any atom is 0.310 e. The molecule has 208 valence electrons. The van der Waals surface area contributed by atoms with Crippen molar-refractivity contribution in [3.8, 4) is 0 Å². The van der Waals surface area contributed by atoms with E-state index >= 15 is 0 Å². The minimum absolute atomic E-state index is 0.00654. The first kappa shape index (κ1) is 30.1. The lowest BCUT2D eigenvalue weighted by atomic mass is 9.83. The molecule has 3 N–H and O–H groups in total. The third kappa shape index (κ3) is 7.20. The first-order valence-corrected chi connectivity index (χ1v) is 11.8. The molecule has 13 nitrogen and oxygen atoms in total. The highest BCUT2D eigenvalue weighted by Gasteiger charge is 2.43. The van der Waals surface area contributed by atoms with Crippen LogP contribution in [0.15, 0.2) is 16.3 Å². The molecule has 1 aromatic heterocycles. The van der Waals surface area contributed by atoms with Crippen LogP contribution in [-0.2, 0) is 62.2 Å². The quantitative estimate of drug-likeness (QED) is 0.108. The highest BCUT2D eigenvalue weighted by molar-refractivity contribution is 6.00. The number of H-pyrrole nitrogens is 1. The standard InChI is InChI=1S/C25H33N3O10/c1-25(17(11-23(32)38-5)15(24(33)28-25)7-9-21(30)36-3)12-18-16(10-22(31)37-4)14(6-8-20(29)35-2)19(27-18)13-26-34/h13,27,34H,6-12H2,1-5H3,(H,28,33)/b26-13+. The Balaban J connectivity index is 2.60. The Morgan fingerprint density at radius 1 is 0.868 bits per heavy atom. The third-order valence-corrected chi connectivity index (χ3v) is 6.46. The number of oxime groups is 1. The van der Waals surface area contributed by atoms with Crippen molar-refractivity contribution >= 4 is 36.0 Å². The number of esters is 4. The van der Waals surface area contributed by atoms with Crippen LogP contribution < -0.4 is 5.32 Å². The summed E-state index contributed by atoms with van der Waals surface area (Å²) in [6.45, 7) is 1.71. The summed E-state index contributed by atoms with van der Waals surface area (Å²) >= 11 is 0. The Morgan fingerprint density at radius 3 is 1.97 bits per heavy atom. The number of amides is 1. The van der Waals surface area contributed by atoms with Crippen molar-refractivity contribution in [1.29, 1.82) is 0 Å². The third-order valence-electron chi connectivity index (χ3n) is 6.46. The molecular weight excluding hydrogens is 502 g/mol. The van der Waals surface area contributed by atoms with Gasteiger partial charge < -0.3 is 34.5 Å². The SMILES string of the molecule is COC(=O)CCC1=C(CC(=O)OC)C(C)(Cc2[nH]c(/C=N/O)c(CCC(=O)OC)c2CC(=O)OC)NC1=O. The van der Waals surface area contributed by atoms with E-state index < -0.39 is 35.3 Å². The monoisotopic (exact) mass is 535 g/mol. The number of carbonyl (C=O) groups is 5. The van der Waals surface area contributed by atoms with Crippen LogP contribution in [0, 0.1) is 0 Å². The van der Waals surface area contributed by atoms with E-state index in [1.165, 1.54) is 28.4 Å². The second-order valence-corrected chi connectivity index (χ2v) is 8.80. The van der Waals surface area contributed by atoms with E-state index in [1.807, 2.05) is 0 Å². The van der Waals surface area contributed by atoms with Crippen LogP contribution in [0.4, 0.5) is 0 Å². The zero-order valence-electron chi connectivity index (χ0n) is 22.1. The van der Waals surface area contributed by atoms with Gasteiger partial charge in [0.25, 0.3) is 0 Å². The summed E-state index contributed by atoms with van der Waals surface area (Å²) in [6, 6.07) is 0. The van der Waals surface area contributed by atoms with E-state index in [4.69, 9.17) is 14.2 Å². The largest absolute Gasteiger partial charge is 0.469 e. The minimum Gasteiger partial charge on any atom is -0.469 e. The molecule has 2 heterocycles. The highest BCUT2D eigenvalue weighted by Crippen LogP contribution is 2.36. The molecule has 0 fully saturated rings. The first-order chi connectivity index (χ1) is 18.0. The van der Waals surface area contributed by atoms with Crippen molar-refractivity contribution in [3.05, 3.63) is 33.7 Å². The molecule has 0 saturated carbocycles. The van der Waals surface area contributed by atoms with Gasteiger partial charge in [-0.2, -0.15) is 0 Å². The van der Waals surface area contributed by atoms with Crippen LogP contribution in [0.25, 0.3) is 0 Å². The zero-order chi connectivity index (χ0) is 28.5. The molecule has 38 heavy (non-hydrogen) atoms. The summed E-state index contributed by atoms with van der Waals surface area (Å²) < 4.78 is 19.1. The Bertz CT molecular complexity index is 1150. The molecular formula is C25H33N3O10. The van der Waals surface area contributed by atoms with E-state index in [9.17, 15) is 29.2 Å². The van der Waals surface area contributed by atoms with Crippen molar-refractivity contribution in [2.45, 2.75) is 57.4 Å². The molecule has 0 aromatic carbocycles. The molecule has 13 heteroatoms. The molecule has 2 rings (SSSR count). The molecule has 0 bridgehead atoms. The number of hydrogen-bond acceptors (Lipinski definition) is 11. The second kappa shape index (κ2) is 13.4. The van der Waals surface area contributed by atoms with Crippen LogP contribution >= 0.6 is 0 Å². The Hall–Kier alpha value is -4.16. The van der Waals surface area contributed by atoms with Gasteiger partial charge in [0.15, 0.2) is 0 Å². The molecule has 1 aliphatic heterocycles. The highest BCUT2D eigenvalue weighted by atomic mass is 16.5. The summed E-state index contributed by atoms with van der Waals surface area (Å²) in [5.74, 6) is -2.56. The number of ether oxygens (including phenoxy) is 4. The summed E-state index contributed by atoms with van der Waals surface area (Å²) in [7, 11) is 4.96. The predicted molar refractivity (Wildman–Crippen MR) is 131 cm³/mol. The van der Waals surface area contributed by atoms with E-state index in [0.717, 1.165) is 6.21 Å².